The standard InChI is InChI=1S/C28H22N2O4S/c1-17(26(31)29-19-10-7-11-20(16-19)33-2)34-28(32)22-13-6-9-18-8-5-12-21(25(18)22)27-30-23-14-3-4-15-24(23)35-27/h3-17H,1-2H3,(H,29,31). The number of nitrogens with one attached hydrogen (secondary N) is 1. The number of carbonyl (C=O) groups is 2. The van der Waals surface area contributed by atoms with Gasteiger partial charge in [0.25, 0.3) is 5.91 Å². The van der Waals surface area contributed by atoms with Crippen molar-refractivity contribution in [3.63, 3.8) is 0 Å². The monoisotopic (exact) mass is 482 g/mol. The molecule has 0 aliphatic rings. The van der Waals surface area contributed by atoms with E-state index in [0.717, 1.165) is 31.6 Å². The van der Waals surface area contributed by atoms with E-state index in [1.807, 2.05) is 54.6 Å². The first-order chi connectivity index (χ1) is 17.0. The van der Waals surface area contributed by atoms with Crippen molar-refractivity contribution in [2.24, 2.45) is 0 Å². The zero-order valence-electron chi connectivity index (χ0n) is 19.1. The topological polar surface area (TPSA) is 77.5 Å². The molecule has 5 rings (SSSR count). The molecule has 4 aromatic carbocycles. The van der Waals surface area contributed by atoms with E-state index in [-0.39, 0.29) is 0 Å². The Morgan fingerprint density at radius 3 is 2.51 bits per heavy atom. The Morgan fingerprint density at radius 2 is 1.71 bits per heavy atom. The summed E-state index contributed by atoms with van der Waals surface area (Å²) in [5.41, 5.74) is 2.70. The van der Waals surface area contributed by atoms with Crippen LogP contribution in [0.1, 0.15) is 17.3 Å². The number of ether oxygens (including phenoxy) is 2. The van der Waals surface area contributed by atoms with Gasteiger partial charge in [-0.2, -0.15) is 0 Å². The van der Waals surface area contributed by atoms with Crippen LogP contribution in [-0.4, -0.2) is 30.1 Å². The molecule has 1 amide bonds. The van der Waals surface area contributed by atoms with E-state index in [9.17, 15) is 9.59 Å². The Hall–Kier alpha value is -4.23. The summed E-state index contributed by atoms with van der Waals surface area (Å²) < 4.78 is 11.8. The predicted octanol–water partition coefficient (Wildman–Crippen LogP) is 6.31. The summed E-state index contributed by atoms with van der Waals surface area (Å²) in [7, 11) is 1.55. The van der Waals surface area contributed by atoms with Gasteiger partial charge in [-0.05, 0) is 42.6 Å². The van der Waals surface area contributed by atoms with E-state index in [0.29, 0.717) is 17.0 Å². The van der Waals surface area contributed by atoms with Gasteiger partial charge in [0, 0.05) is 22.7 Å². The second-order valence-electron chi connectivity index (χ2n) is 7.96. The Bertz CT molecular complexity index is 1520. The molecule has 0 fully saturated rings. The second kappa shape index (κ2) is 9.56. The minimum absolute atomic E-state index is 0.387. The smallest absolute Gasteiger partial charge is 0.339 e. The predicted molar refractivity (Wildman–Crippen MR) is 139 cm³/mol. The third-order valence-corrected chi connectivity index (χ3v) is 6.71. The summed E-state index contributed by atoms with van der Waals surface area (Å²) >= 11 is 1.57. The number of aromatic nitrogens is 1. The van der Waals surface area contributed by atoms with Crippen LogP contribution in [0.15, 0.2) is 84.9 Å². The highest BCUT2D eigenvalue weighted by Crippen LogP contribution is 2.36. The molecule has 35 heavy (non-hydrogen) atoms. The van der Waals surface area contributed by atoms with Crippen LogP contribution in [0.4, 0.5) is 5.69 Å². The van der Waals surface area contributed by atoms with Crippen LogP contribution in [0.25, 0.3) is 31.6 Å². The van der Waals surface area contributed by atoms with E-state index >= 15 is 0 Å². The molecule has 0 bridgehead atoms. The van der Waals surface area contributed by atoms with Crippen molar-refractivity contribution in [1.82, 2.24) is 4.98 Å². The number of methoxy groups -OCH3 is 1. The molecule has 5 aromatic rings. The maximum atomic E-state index is 13.2. The van der Waals surface area contributed by atoms with E-state index in [2.05, 4.69) is 5.32 Å². The fraction of sp³-hybridized carbons (Fsp3) is 0.107. The summed E-state index contributed by atoms with van der Waals surface area (Å²) in [6.45, 7) is 1.55. The van der Waals surface area contributed by atoms with Crippen LogP contribution in [-0.2, 0) is 9.53 Å². The number of rotatable bonds is 6. The lowest BCUT2D eigenvalue weighted by Crippen LogP contribution is -2.30. The van der Waals surface area contributed by atoms with Gasteiger partial charge in [-0.1, -0.05) is 48.5 Å². The lowest BCUT2D eigenvalue weighted by atomic mass is 9.99. The molecule has 0 aliphatic heterocycles. The molecule has 0 saturated heterocycles. The first-order valence-electron chi connectivity index (χ1n) is 11.1. The van der Waals surface area contributed by atoms with Gasteiger partial charge in [0.05, 0.1) is 22.9 Å². The molecule has 1 N–H and O–H groups in total. The number of hydrogen-bond acceptors (Lipinski definition) is 6. The number of fused-ring (bicyclic) bond motifs is 2. The number of hydrogen-bond donors (Lipinski definition) is 1. The average Bonchev–Trinajstić information content (AvgIpc) is 3.32. The number of amides is 1. The molecule has 1 heterocycles. The van der Waals surface area contributed by atoms with Crippen LogP contribution < -0.4 is 10.1 Å². The minimum Gasteiger partial charge on any atom is -0.497 e. The van der Waals surface area contributed by atoms with Gasteiger partial charge in [0.2, 0.25) is 0 Å². The molecule has 0 spiro atoms. The lowest BCUT2D eigenvalue weighted by Gasteiger charge is -2.15. The van der Waals surface area contributed by atoms with Crippen LogP contribution >= 0.6 is 11.3 Å². The zero-order valence-corrected chi connectivity index (χ0v) is 20.0. The van der Waals surface area contributed by atoms with E-state index < -0.39 is 18.0 Å². The van der Waals surface area contributed by atoms with Crippen molar-refractivity contribution < 1.29 is 19.1 Å². The highest BCUT2D eigenvalue weighted by atomic mass is 32.1. The summed E-state index contributed by atoms with van der Waals surface area (Å²) in [6.07, 6.45) is -1.00. The Kier molecular flexibility index (Phi) is 6.16. The second-order valence-corrected chi connectivity index (χ2v) is 9.00. The third-order valence-electron chi connectivity index (χ3n) is 5.64. The number of benzene rings is 4. The van der Waals surface area contributed by atoms with Gasteiger partial charge >= 0.3 is 5.97 Å². The summed E-state index contributed by atoms with van der Waals surface area (Å²) in [5.74, 6) is -0.388. The average molecular weight is 483 g/mol. The van der Waals surface area contributed by atoms with Gasteiger partial charge in [0.1, 0.15) is 10.8 Å². The SMILES string of the molecule is COc1cccc(NC(=O)C(C)OC(=O)c2cccc3cccc(-c4nc5ccccc5s4)c23)c1. The van der Waals surface area contributed by atoms with Crippen LogP contribution in [0.2, 0.25) is 0 Å². The van der Waals surface area contributed by atoms with Gasteiger partial charge in [-0.25, -0.2) is 9.78 Å². The fourth-order valence-electron chi connectivity index (χ4n) is 3.90. The Labute approximate surface area is 206 Å². The normalized spacial score (nSPS) is 11.8. The number of carbonyl (C=O) groups excluding carboxylic acids is 2. The molecular formula is C28H22N2O4S. The molecule has 0 radical (unpaired) electrons. The van der Waals surface area contributed by atoms with Crippen molar-refractivity contribution in [1.29, 1.82) is 0 Å². The Morgan fingerprint density at radius 1 is 0.943 bits per heavy atom. The fourth-order valence-corrected chi connectivity index (χ4v) is 4.90. The zero-order chi connectivity index (χ0) is 24.4. The largest absolute Gasteiger partial charge is 0.497 e. The van der Waals surface area contributed by atoms with Crippen LogP contribution in [0, 0.1) is 0 Å². The molecule has 1 unspecified atom stereocenters. The molecule has 6 nitrogen and oxygen atoms in total. The highest BCUT2D eigenvalue weighted by Gasteiger charge is 2.22. The van der Waals surface area contributed by atoms with Crippen LogP contribution in [0.5, 0.6) is 5.75 Å². The maximum absolute atomic E-state index is 13.2. The van der Waals surface area contributed by atoms with E-state index in [1.165, 1.54) is 0 Å². The molecule has 1 aromatic heterocycles. The number of nitrogens with zero attached hydrogens (tertiary/aromatic N) is 1. The van der Waals surface area contributed by atoms with Crippen molar-refractivity contribution in [3.05, 3.63) is 90.5 Å². The summed E-state index contributed by atoms with van der Waals surface area (Å²) in [6, 6.07) is 26.2. The van der Waals surface area contributed by atoms with Crippen LogP contribution in [0.3, 0.4) is 0 Å². The van der Waals surface area contributed by atoms with Gasteiger partial charge in [-0.15, -0.1) is 11.3 Å². The van der Waals surface area contributed by atoms with E-state index in [4.69, 9.17) is 14.5 Å². The number of esters is 1. The molecular weight excluding hydrogens is 460 g/mol. The van der Waals surface area contributed by atoms with Crippen molar-refractivity contribution >= 4 is 49.9 Å². The molecule has 7 heteroatoms. The first-order valence-corrected chi connectivity index (χ1v) is 11.9. The Balaban J connectivity index is 1.44. The van der Waals surface area contributed by atoms with Gasteiger partial charge in [-0.3, -0.25) is 4.79 Å². The molecule has 0 aliphatic carbocycles. The highest BCUT2D eigenvalue weighted by molar-refractivity contribution is 7.21. The number of para-hydroxylation sites is 1. The van der Waals surface area contributed by atoms with E-state index in [1.54, 1.807) is 55.7 Å². The third kappa shape index (κ3) is 4.58. The number of thiazole rings is 1. The molecule has 1 atom stereocenters. The van der Waals surface area contributed by atoms with Crippen molar-refractivity contribution in [2.75, 3.05) is 12.4 Å². The van der Waals surface area contributed by atoms with Crippen molar-refractivity contribution in [3.8, 4) is 16.3 Å². The van der Waals surface area contributed by atoms with Gasteiger partial charge in [0.15, 0.2) is 6.10 Å². The molecule has 0 saturated carbocycles. The lowest BCUT2D eigenvalue weighted by molar-refractivity contribution is -0.123. The summed E-state index contributed by atoms with van der Waals surface area (Å²) in [5, 5.41) is 5.22. The minimum atomic E-state index is -1.00. The number of anilines is 1. The quantitative estimate of drug-likeness (QED) is 0.287. The van der Waals surface area contributed by atoms with Crippen molar-refractivity contribution in [2.45, 2.75) is 13.0 Å². The summed E-state index contributed by atoms with van der Waals surface area (Å²) in [4.78, 5) is 30.7. The van der Waals surface area contributed by atoms with Gasteiger partial charge < -0.3 is 14.8 Å². The maximum Gasteiger partial charge on any atom is 0.339 e. The first kappa shape index (κ1) is 22.6. The molecule has 174 valence electrons.